The molecule has 0 saturated carbocycles. The van der Waals surface area contributed by atoms with Crippen LogP contribution in [0, 0.1) is 69.2 Å². The zero-order chi connectivity index (χ0) is 76.9. The fourth-order valence-corrected chi connectivity index (χ4v) is 12.8. The van der Waals surface area contributed by atoms with Gasteiger partial charge in [0.2, 0.25) is 0 Å². The summed E-state index contributed by atoms with van der Waals surface area (Å²) < 4.78 is 12.8. The van der Waals surface area contributed by atoms with Crippen molar-refractivity contribution in [3.05, 3.63) is 358 Å². The van der Waals surface area contributed by atoms with E-state index in [1.807, 2.05) is 111 Å². The number of pyridine rings is 1. The van der Waals surface area contributed by atoms with Crippen molar-refractivity contribution in [2.45, 2.75) is 95.0 Å². The van der Waals surface area contributed by atoms with Crippen LogP contribution in [0.25, 0.3) is 16.9 Å². The average Bonchev–Trinajstić information content (AvgIpc) is 1.72. The van der Waals surface area contributed by atoms with Crippen LogP contribution in [-0.2, 0) is 11.3 Å². The van der Waals surface area contributed by atoms with E-state index < -0.39 is 0 Å². The molecular weight excluding hydrogens is 1310 g/mol. The lowest BCUT2D eigenvalue weighted by atomic mass is 10.0. The predicted octanol–water partition coefficient (Wildman–Crippen LogP) is 22.6. The van der Waals surface area contributed by atoms with Crippen molar-refractivity contribution < 1.29 is 9.47 Å². The molecule has 558 valence electrons. The molecule has 0 spiro atoms. The van der Waals surface area contributed by atoms with Crippen LogP contribution in [-0.4, -0.2) is 109 Å². The fourth-order valence-electron chi connectivity index (χ4n) is 12.8. The minimum atomic E-state index is 0.855. The third-order valence-electron chi connectivity index (χ3n) is 18.7. The van der Waals surface area contributed by atoms with Crippen molar-refractivity contribution in [2.24, 2.45) is 4.99 Å². The normalized spacial score (nSPS) is 11.9. The van der Waals surface area contributed by atoms with E-state index in [0.29, 0.717) is 0 Å². The van der Waals surface area contributed by atoms with Crippen LogP contribution >= 0.6 is 0 Å². The Morgan fingerprint density at radius 1 is 0.393 bits per heavy atom. The maximum atomic E-state index is 5.32. The Hall–Kier alpha value is -10.8. The Morgan fingerprint density at radius 3 is 1.30 bits per heavy atom. The highest BCUT2D eigenvalue weighted by atomic mass is 16.5. The molecule has 0 unspecified atom stereocenters. The highest BCUT2D eigenvalue weighted by molar-refractivity contribution is 6.14. The number of para-hydroxylation sites is 5. The minimum absolute atomic E-state index is 0.855. The molecule has 0 N–H and O–H groups in total. The SMILES string of the molecule is COc1cccc(N(C)C)c1C.Cc1ccccc1-c1ccccn1.Cc1ccccc1-n1c(C)ccc1C.Cc1ccccc1CN(C)C.Cc1ccccc1N(C)C.Cc1ccccc1N1CCCCC1.Cc1ccccc1N1CCOCC1.Cc1ccccc1N=C(c1ccccc1)c1ccccc1. The van der Waals surface area contributed by atoms with Crippen LogP contribution < -0.4 is 24.3 Å². The van der Waals surface area contributed by atoms with Crippen LogP contribution in [0.3, 0.4) is 0 Å². The largest absolute Gasteiger partial charge is 0.496 e. The van der Waals surface area contributed by atoms with E-state index in [1.165, 1.54) is 128 Å². The molecule has 2 saturated heterocycles. The number of ether oxygens (including phenoxy) is 2. The van der Waals surface area contributed by atoms with E-state index in [0.717, 1.165) is 66.8 Å². The molecule has 2 aromatic heterocycles. The molecule has 10 nitrogen and oxygen atoms in total. The molecule has 0 bridgehead atoms. The van der Waals surface area contributed by atoms with Gasteiger partial charge in [-0.15, -0.1) is 0 Å². The topological polar surface area (TPSA) is 64.8 Å². The molecule has 107 heavy (non-hydrogen) atoms. The first kappa shape index (κ1) is 83.5. The number of morpholine rings is 1. The summed E-state index contributed by atoms with van der Waals surface area (Å²) in [5.74, 6) is 0.946. The summed E-state index contributed by atoms with van der Waals surface area (Å²) in [5.41, 5.74) is 27.5. The summed E-state index contributed by atoms with van der Waals surface area (Å²) in [6.07, 6.45) is 5.94. The third kappa shape index (κ3) is 27.0. The second-order valence-electron chi connectivity index (χ2n) is 27.8. The van der Waals surface area contributed by atoms with Gasteiger partial charge in [-0.25, -0.2) is 4.99 Å². The Kier molecular flexibility index (Phi) is 35.0. The fraction of sp³-hybridized carbons (Fsp3) is 0.278. The first-order valence-corrected chi connectivity index (χ1v) is 37.6. The van der Waals surface area contributed by atoms with Gasteiger partial charge in [-0.1, -0.05) is 212 Å². The zero-order valence-electron chi connectivity index (χ0n) is 67.1. The molecule has 2 fully saturated rings. The number of aryl methyl sites for hydroxylation is 9. The number of aliphatic imine (C=N–C) groups is 1. The monoisotopic (exact) mass is 1430 g/mol. The Morgan fingerprint density at radius 2 is 0.832 bits per heavy atom. The molecule has 0 amide bonds. The number of hydrogen-bond donors (Lipinski definition) is 0. The lowest BCUT2D eigenvalue weighted by Gasteiger charge is -2.30. The smallest absolute Gasteiger partial charge is 0.123 e. The van der Waals surface area contributed by atoms with Gasteiger partial charge in [0, 0.05) is 129 Å². The molecule has 2 aliphatic rings. The number of rotatable bonds is 12. The van der Waals surface area contributed by atoms with E-state index in [9.17, 15) is 0 Å². The second-order valence-corrected chi connectivity index (χ2v) is 27.8. The molecule has 0 atom stereocenters. The van der Waals surface area contributed by atoms with Gasteiger partial charge in [-0.2, -0.15) is 0 Å². The van der Waals surface area contributed by atoms with Crippen molar-refractivity contribution in [1.29, 1.82) is 0 Å². The molecule has 10 heteroatoms. The maximum absolute atomic E-state index is 5.32. The molecule has 14 rings (SSSR count). The molecular formula is C97H118N8O2. The summed E-state index contributed by atoms with van der Waals surface area (Å²) in [6.45, 7) is 28.6. The van der Waals surface area contributed by atoms with Gasteiger partial charge in [0.1, 0.15) is 5.75 Å². The van der Waals surface area contributed by atoms with Crippen molar-refractivity contribution in [3.63, 3.8) is 0 Å². The number of nitrogens with zero attached hydrogens (tertiary/aromatic N) is 8. The van der Waals surface area contributed by atoms with Gasteiger partial charge in [0.25, 0.3) is 0 Å². The molecule has 2 aliphatic heterocycles. The van der Waals surface area contributed by atoms with Crippen molar-refractivity contribution in [2.75, 3.05) is 108 Å². The Balaban J connectivity index is 0.000000172. The molecule has 10 aromatic carbocycles. The van der Waals surface area contributed by atoms with Crippen LogP contribution in [0.5, 0.6) is 5.75 Å². The van der Waals surface area contributed by atoms with Crippen molar-refractivity contribution in [3.8, 4) is 22.7 Å². The van der Waals surface area contributed by atoms with E-state index in [2.05, 4.69) is 320 Å². The maximum Gasteiger partial charge on any atom is 0.123 e. The molecule has 0 radical (unpaired) electrons. The number of hydrogen-bond acceptors (Lipinski definition) is 9. The van der Waals surface area contributed by atoms with Gasteiger partial charge in [0.15, 0.2) is 0 Å². The highest BCUT2D eigenvalue weighted by Crippen LogP contribution is 2.29. The summed E-state index contributed by atoms with van der Waals surface area (Å²) in [5, 5.41) is 0. The quantitative estimate of drug-likeness (QED) is 0.112. The zero-order valence-corrected chi connectivity index (χ0v) is 67.1. The number of aromatic nitrogens is 2. The first-order valence-electron chi connectivity index (χ1n) is 37.6. The summed E-state index contributed by atoms with van der Waals surface area (Å²) in [6, 6.07) is 96.0. The van der Waals surface area contributed by atoms with Crippen LogP contribution in [0.15, 0.2) is 290 Å². The molecule has 0 aliphatic carbocycles. The van der Waals surface area contributed by atoms with Gasteiger partial charge >= 0.3 is 0 Å². The molecule has 4 heterocycles. The number of methoxy groups -OCH3 is 1. The second kappa shape index (κ2) is 44.9. The van der Waals surface area contributed by atoms with Gasteiger partial charge in [-0.05, 0) is 214 Å². The number of anilines is 4. The summed E-state index contributed by atoms with van der Waals surface area (Å²) in [7, 11) is 14.1. The van der Waals surface area contributed by atoms with Gasteiger partial charge in [-0.3, -0.25) is 4.98 Å². The van der Waals surface area contributed by atoms with Crippen LogP contribution in [0.4, 0.5) is 28.4 Å². The molecule has 12 aromatic rings. The first-order chi connectivity index (χ1) is 51.8. The van der Waals surface area contributed by atoms with Crippen LogP contribution in [0.1, 0.15) is 91.8 Å². The van der Waals surface area contributed by atoms with Gasteiger partial charge < -0.3 is 38.5 Å². The van der Waals surface area contributed by atoms with Crippen LogP contribution in [0.2, 0.25) is 0 Å². The lowest BCUT2D eigenvalue weighted by molar-refractivity contribution is 0.122. The highest BCUT2D eigenvalue weighted by Gasteiger charge is 2.15. The van der Waals surface area contributed by atoms with E-state index >= 15 is 0 Å². The lowest BCUT2D eigenvalue weighted by Crippen LogP contribution is -2.36. The predicted molar refractivity (Wildman–Crippen MR) is 461 cm³/mol. The Labute approximate surface area is 643 Å². The van der Waals surface area contributed by atoms with E-state index in [-0.39, 0.29) is 0 Å². The minimum Gasteiger partial charge on any atom is -0.496 e. The van der Waals surface area contributed by atoms with E-state index in [4.69, 9.17) is 14.5 Å². The Bertz CT molecular complexity index is 4430. The summed E-state index contributed by atoms with van der Waals surface area (Å²) in [4.78, 5) is 20.5. The standard InChI is InChI=1S/C20H17N.C13H15N.C12H17N.C12H11N.C11H15NO.C10H15NO.C10H15N.C9H13N/c1-16-10-8-9-15-19(16)21-20(17-11-4-2-5-12-17)18-13-6-3-7-14-18;1-10-6-4-5-7-13(10)14-11(2)8-9-12(14)3;1-11-7-3-4-8-12(11)13-9-5-2-6-10-13;1-10-6-2-3-7-11(10)12-8-4-5-9-13-12;1-10-4-2-3-5-11(10)12-6-8-13-9-7-12;1-8-9(11(2)3)6-5-7-10(8)12-4;1-9-6-4-5-7-10(9)8-11(2)3;1-8-6-4-5-7-9(8)10(2)3/h2-15H,1H3;4-9H,1-3H3;3-4,7-8H,2,5-6,9-10H2,1H3;2-9H,1H3;2-5H,6-9H2,1H3;5-7H,1-4H3;4-7H,8H2,1-3H3;4-7H,1-3H3. The number of piperidine rings is 1. The van der Waals surface area contributed by atoms with Crippen molar-refractivity contribution >= 4 is 34.1 Å². The van der Waals surface area contributed by atoms with Crippen molar-refractivity contribution in [1.82, 2.24) is 14.5 Å². The number of benzene rings is 10. The third-order valence-corrected chi connectivity index (χ3v) is 18.7. The summed E-state index contributed by atoms with van der Waals surface area (Å²) >= 11 is 0. The van der Waals surface area contributed by atoms with Gasteiger partial charge in [0.05, 0.1) is 37.4 Å². The average molecular weight is 1430 g/mol. The van der Waals surface area contributed by atoms with E-state index in [1.54, 1.807) is 7.11 Å².